The third-order valence-electron chi connectivity index (χ3n) is 3.72. The van der Waals surface area contributed by atoms with E-state index >= 15 is 0 Å². The monoisotopic (exact) mass is 265 g/mol. The van der Waals surface area contributed by atoms with Gasteiger partial charge in [-0.3, -0.25) is 4.79 Å². The summed E-state index contributed by atoms with van der Waals surface area (Å²) in [4.78, 5) is 12.0. The van der Waals surface area contributed by atoms with E-state index < -0.39 is 5.82 Å². The Morgan fingerprint density at radius 2 is 2.05 bits per heavy atom. The number of benzene rings is 1. The first-order valence-corrected chi connectivity index (χ1v) is 6.86. The third-order valence-corrected chi connectivity index (χ3v) is 3.72. The average Bonchev–Trinajstić information content (AvgIpc) is 2.47. The lowest BCUT2D eigenvalue weighted by molar-refractivity contribution is -0.126. The van der Waals surface area contributed by atoms with Crippen LogP contribution < -0.4 is 5.32 Å². The van der Waals surface area contributed by atoms with Crippen LogP contribution in [0.5, 0.6) is 0 Å². The van der Waals surface area contributed by atoms with Gasteiger partial charge < -0.3 is 10.4 Å². The Labute approximate surface area is 112 Å². The molecule has 1 aliphatic carbocycles. The van der Waals surface area contributed by atoms with Crippen molar-refractivity contribution in [2.24, 2.45) is 5.92 Å². The first-order chi connectivity index (χ1) is 9.20. The molecule has 0 saturated heterocycles. The molecule has 1 aliphatic rings. The quantitative estimate of drug-likeness (QED) is 0.879. The van der Waals surface area contributed by atoms with Crippen molar-refractivity contribution in [1.29, 1.82) is 0 Å². The Kier molecular flexibility index (Phi) is 4.91. The average molecular weight is 265 g/mol. The number of nitrogens with one attached hydrogen (secondary N) is 1. The molecule has 0 radical (unpaired) electrons. The molecule has 0 aliphatic heterocycles. The van der Waals surface area contributed by atoms with E-state index in [-0.39, 0.29) is 24.0 Å². The normalized spacial score (nSPS) is 16.3. The first kappa shape index (κ1) is 14.0. The number of rotatable bonds is 4. The van der Waals surface area contributed by atoms with Crippen LogP contribution in [0.4, 0.5) is 4.39 Å². The lowest BCUT2D eigenvalue weighted by Crippen LogP contribution is -2.31. The molecular formula is C15H20FNO2. The molecule has 104 valence electrons. The standard InChI is InChI=1S/C15H20FNO2/c16-14-7-6-11(8-13(14)10-18)9-17-15(19)12-4-2-1-3-5-12/h6-8,12,18H,1-5,9-10H2,(H,17,19). The number of carbonyl (C=O) groups is 1. The van der Waals surface area contributed by atoms with Crippen LogP contribution in [0.15, 0.2) is 18.2 Å². The van der Waals surface area contributed by atoms with Gasteiger partial charge in [0.25, 0.3) is 0 Å². The summed E-state index contributed by atoms with van der Waals surface area (Å²) in [6.07, 6.45) is 5.42. The molecule has 19 heavy (non-hydrogen) atoms. The van der Waals surface area contributed by atoms with Crippen LogP contribution in [-0.2, 0) is 17.9 Å². The second-order valence-electron chi connectivity index (χ2n) is 5.14. The van der Waals surface area contributed by atoms with Gasteiger partial charge in [-0.1, -0.05) is 25.3 Å². The molecule has 0 unspecified atom stereocenters. The summed E-state index contributed by atoms with van der Waals surface area (Å²) in [5.74, 6) is -0.189. The van der Waals surface area contributed by atoms with Crippen LogP contribution in [0.25, 0.3) is 0 Å². The second kappa shape index (κ2) is 6.66. The Bertz CT molecular complexity index is 442. The molecule has 3 nitrogen and oxygen atoms in total. The van der Waals surface area contributed by atoms with E-state index in [1.807, 2.05) is 0 Å². The number of aliphatic hydroxyl groups excluding tert-OH is 1. The molecular weight excluding hydrogens is 245 g/mol. The number of hydrogen-bond acceptors (Lipinski definition) is 2. The maximum atomic E-state index is 13.2. The molecule has 0 atom stereocenters. The summed E-state index contributed by atoms with van der Waals surface area (Å²) < 4.78 is 13.2. The smallest absolute Gasteiger partial charge is 0.223 e. The maximum Gasteiger partial charge on any atom is 0.223 e. The Balaban J connectivity index is 1.89. The van der Waals surface area contributed by atoms with Gasteiger partial charge in [-0.25, -0.2) is 4.39 Å². The number of amides is 1. The Morgan fingerprint density at radius 3 is 2.74 bits per heavy atom. The Morgan fingerprint density at radius 1 is 1.32 bits per heavy atom. The molecule has 2 N–H and O–H groups in total. The fourth-order valence-electron chi connectivity index (χ4n) is 2.56. The van der Waals surface area contributed by atoms with E-state index in [0.29, 0.717) is 6.54 Å². The van der Waals surface area contributed by atoms with E-state index in [1.165, 1.54) is 12.5 Å². The molecule has 0 heterocycles. The van der Waals surface area contributed by atoms with E-state index in [1.54, 1.807) is 12.1 Å². The van der Waals surface area contributed by atoms with Crippen LogP contribution in [0.1, 0.15) is 43.2 Å². The molecule has 2 rings (SSSR count). The summed E-state index contributed by atoms with van der Waals surface area (Å²) >= 11 is 0. The van der Waals surface area contributed by atoms with Crippen LogP contribution in [-0.4, -0.2) is 11.0 Å². The van der Waals surface area contributed by atoms with Gasteiger partial charge in [0, 0.05) is 18.0 Å². The predicted molar refractivity (Wildman–Crippen MR) is 70.7 cm³/mol. The number of hydrogen-bond donors (Lipinski definition) is 2. The minimum atomic E-state index is -0.412. The van der Waals surface area contributed by atoms with E-state index in [4.69, 9.17) is 5.11 Å². The highest BCUT2D eigenvalue weighted by atomic mass is 19.1. The van der Waals surface area contributed by atoms with Crippen molar-refractivity contribution in [2.75, 3.05) is 0 Å². The zero-order valence-electron chi connectivity index (χ0n) is 11.0. The SMILES string of the molecule is O=C(NCc1ccc(F)c(CO)c1)C1CCCCC1. The largest absolute Gasteiger partial charge is 0.392 e. The van der Waals surface area contributed by atoms with Gasteiger partial charge in [0.15, 0.2) is 0 Å². The van der Waals surface area contributed by atoms with Crippen molar-refractivity contribution in [1.82, 2.24) is 5.32 Å². The van der Waals surface area contributed by atoms with Gasteiger partial charge in [0.2, 0.25) is 5.91 Å². The van der Waals surface area contributed by atoms with E-state index in [2.05, 4.69) is 5.32 Å². The number of carbonyl (C=O) groups excluding carboxylic acids is 1. The summed E-state index contributed by atoms with van der Waals surface area (Å²) in [6, 6.07) is 4.56. The van der Waals surface area contributed by atoms with Gasteiger partial charge in [-0.2, -0.15) is 0 Å². The topological polar surface area (TPSA) is 49.3 Å². The van der Waals surface area contributed by atoms with Gasteiger partial charge >= 0.3 is 0 Å². The van der Waals surface area contributed by atoms with Gasteiger partial charge in [-0.05, 0) is 30.5 Å². The molecule has 1 aromatic carbocycles. The van der Waals surface area contributed by atoms with Crippen LogP contribution >= 0.6 is 0 Å². The first-order valence-electron chi connectivity index (χ1n) is 6.86. The number of aliphatic hydroxyl groups is 1. The highest BCUT2D eigenvalue weighted by Crippen LogP contribution is 2.23. The van der Waals surface area contributed by atoms with Crippen molar-refractivity contribution in [3.05, 3.63) is 35.1 Å². The zero-order chi connectivity index (χ0) is 13.7. The molecule has 4 heteroatoms. The summed E-state index contributed by atoms with van der Waals surface area (Å²) in [5.41, 5.74) is 1.08. The molecule has 0 aromatic heterocycles. The molecule has 0 bridgehead atoms. The van der Waals surface area contributed by atoms with E-state index in [9.17, 15) is 9.18 Å². The predicted octanol–water partition coefficient (Wildman–Crippen LogP) is 2.51. The van der Waals surface area contributed by atoms with Crippen molar-refractivity contribution in [3.8, 4) is 0 Å². The number of halogens is 1. The van der Waals surface area contributed by atoms with E-state index in [0.717, 1.165) is 31.2 Å². The lowest BCUT2D eigenvalue weighted by atomic mass is 9.88. The summed E-state index contributed by atoms with van der Waals surface area (Å²) in [7, 11) is 0. The summed E-state index contributed by atoms with van der Waals surface area (Å²) in [5, 5.41) is 11.9. The highest BCUT2D eigenvalue weighted by molar-refractivity contribution is 5.78. The van der Waals surface area contributed by atoms with Crippen LogP contribution in [0, 0.1) is 11.7 Å². The molecule has 1 aromatic rings. The molecule has 1 fully saturated rings. The fraction of sp³-hybridized carbons (Fsp3) is 0.533. The van der Waals surface area contributed by atoms with Crippen molar-refractivity contribution in [3.63, 3.8) is 0 Å². The highest BCUT2D eigenvalue weighted by Gasteiger charge is 2.20. The minimum absolute atomic E-state index is 0.0922. The van der Waals surface area contributed by atoms with Crippen molar-refractivity contribution >= 4 is 5.91 Å². The maximum absolute atomic E-state index is 13.2. The fourth-order valence-corrected chi connectivity index (χ4v) is 2.56. The van der Waals surface area contributed by atoms with Crippen LogP contribution in [0.3, 0.4) is 0 Å². The van der Waals surface area contributed by atoms with Gasteiger partial charge in [0.05, 0.1) is 6.61 Å². The molecule has 0 spiro atoms. The minimum Gasteiger partial charge on any atom is -0.392 e. The third kappa shape index (κ3) is 3.77. The molecule has 1 saturated carbocycles. The Hall–Kier alpha value is -1.42. The van der Waals surface area contributed by atoms with Gasteiger partial charge in [0.1, 0.15) is 5.82 Å². The zero-order valence-corrected chi connectivity index (χ0v) is 11.0. The summed E-state index contributed by atoms with van der Waals surface area (Å²) in [6.45, 7) is 0.0683. The van der Waals surface area contributed by atoms with Crippen molar-refractivity contribution in [2.45, 2.75) is 45.3 Å². The van der Waals surface area contributed by atoms with Crippen LogP contribution in [0.2, 0.25) is 0 Å². The van der Waals surface area contributed by atoms with Crippen molar-refractivity contribution < 1.29 is 14.3 Å². The molecule has 1 amide bonds. The second-order valence-corrected chi connectivity index (χ2v) is 5.14. The lowest BCUT2D eigenvalue weighted by Gasteiger charge is -2.20. The van der Waals surface area contributed by atoms with Gasteiger partial charge in [-0.15, -0.1) is 0 Å².